The lowest BCUT2D eigenvalue weighted by Gasteiger charge is -2.28. The number of aliphatic imine (C=N–C) groups is 1. The van der Waals surface area contributed by atoms with Crippen molar-refractivity contribution >= 4 is 29.9 Å². The molecule has 26 heavy (non-hydrogen) atoms. The summed E-state index contributed by atoms with van der Waals surface area (Å²) in [5.41, 5.74) is 7.38. The van der Waals surface area contributed by atoms with Gasteiger partial charge in [-0.3, -0.25) is 4.99 Å². The zero-order valence-corrected chi connectivity index (χ0v) is 17.4. The van der Waals surface area contributed by atoms with Crippen molar-refractivity contribution in [3.63, 3.8) is 0 Å². The molecule has 0 fully saturated rings. The zero-order chi connectivity index (χ0) is 17.9. The second-order valence-corrected chi connectivity index (χ2v) is 6.94. The minimum absolute atomic E-state index is 0. The second kappa shape index (κ2) is 8.70. The van der Waals surface area contributed by atoms with Crippen molar-refractivity contribution in [2.75, 3.05) is 13.2 Å². The van der Waals surface area contributed by atoms with Crippen molar-refractivity contribution in [3.05, 3.63) is 65.5 Å². The number of halogens is 2. The van der Waals surface area contributed by atoms with E-state index in [-0.39, 0.29) is 35.8 Å². The molecule has 6 heteroatoms. The molecule has 140 valence electrons. The monoisotopic (exact) mass is 469 g/mol. The van der Waals surface area contributed by atoms with Crippen LogP contribution in [-0.2, 0) is 5.41 Å². The molecule has 0 aromatic heterocycles. The van der Waals surface area contributed by atoms with E-state index in [4.69, 9.17) is 10.5 Å². The Hall–Kier alpha value is -1.83. The van der Waals surface area contributed by atoms with E-state index in [1.807, 2.05) is 44.2 Å². The Labute approximate surface area is 171 Å². The van der Waals surface area contributed by atoms with Gasteiger partial charge in [0.15, 0.2) is 5.96 Å². The van der Waals surface area contributed by atoms with Crippen LogP contribution in [0.25, 0.3) is 0 Å². The number of hydrogen-bond donors (Lipinski definition) is 2. The van der Waals surface area contributed by atoms with Crippen molar-refractivity contribution in [2.45, 2.75) is 31.7 Å². The van der Waals surface area contributed by atoms with Gasteiger partial charge in [-0.15, -0.1) is 24.0 Å². The molecule has 0 spiro atoms. The van der Waals surface area contributed by atoms with Crippen LogP contribution in [0.1, 0.15) is 37.4 Å². The maximum Gasteiger partial charge on any atom is 0.189 e. The zero-order valence-electron chi connectivity index (χ0n) is 15.0. The Morgan fingerprint density at radius 2 is 1.92 bits per heavy atom. The van der Waals surface area contributed by atoms with E-state index in [0.717, 1.165) is 17.7 Å². The Kier molecular flexibility index (Phi) is 6.86. The van der Waals surface area contributed by atoms with Gasteiger partial charge < -0.3 is 15.8 Å². The van der Waals surface area contributed by atoms with E-state index in [9.17, 15) is 4.39 Å². The van der Waals surface area contributed by atoms with E-state index >= 15 is 0 Å². The fourth-order valence-electron chi connectivity index (χ4n) is 3.09. The van der Waals surface area contributed by atoms with E-state index in [0.29, 0.717) is 24.7 Å². The van der Waals surface area contributed by atoms with Crippen LogP contribution in [0.2, 0.25) is 0 Å². The van der Waals surface area contributed by atoms with Gasteiger partial charge in [-0.1, -0.05) is 50.2 Å². The molecule has 0 amide bonds. The van der Waals surface area contributed by atoms with Gasteiger partial charge in [-0.2, -0.15) is 0 Å². The summed E-state index contributed by atoms with van der Waals surface area (Å²) < 4.78 is 19.7. The largest absolute Gasteiger partial charge is 0.493 e. The van der Waals surface area contributed by atoms with Gasteiger partial charge in [-0.25, -0.2) is 4.39 Å². The number of nitrogens with two attached hydrogens (primary N) is 1. The van der Waals surface area contributed by atoms with Crippen LogP contribution in [-0.4, -0.2) is 19.1 Å². The fraction of sp³-hybridized carbons (Fsp3) is 0.350. The lowest BCUT2D eigenvalue weighted by molar-refractivity contribution is 0.262. The number of guanidine groups is 1. The summed E-state index contributed by atoms with van der Waals surface area (Å²) in [6.45, 7) is 4.97. The smallest absolute Gasteiger partial charge is 0.189 e. The molecule has 1 aliphatic heterocycles. The van der Waals surface area contributed by atoms with Gasteiger partial charge in [0.25, 0.3) is 0 Å². The highest BCUT2D eigenvalue weighted by Crippen LogP contribution is 2.31. The third-order valence-corrected chi connectivity index (χ3v) is 4.53. The number of benzene rings is 2. The van der Waals surface area contributed by atoms with Gasteiger partial charge in [0, 0.05) is 17.4 Å². The molecule has 2 aromatic carbocycles. The third kappa shape index (κ3) is 4.66. The number of hydrogen-bond acceptors (Lipinski definition) is 2. The van der Waals surface area contributed by atoms with Crippen LogP contribution >= 0.6 is 24.0 Å². The molecular formula is C20H25FIN3O. The van der Waals surface area contributed by atoms with Gasteiger partial charge >= 0.3 is 0 Å². The summed E-state index contributed by atoms with van der Waals surface area (Å²) >= 11 is 0. The van der Waals surface area contributed by atoms with Crippen molar-refractivity contribution in [2.24, 2.45) is 10.7 Å². The molecular weight excluding hydrogens is 444 g/mol. The number of ether oxygens (including phenoxy) is 1. The number of fused-ring (bicyclic) bond motifs is 1. The van der Waals surface area contributed by atoms with Crippen molar-refractivity contribution < 1.29 is 9.13 Å². The third-order valence-electron chi connectivity index (χ3n) is 4.53. The summed E-state index contributed by atoms with van der Waals surface area (Å²) in [6, 6.07) is 14.8. The van der Waals surface area contributed by atoms with E-state index in [1.54, 1.807) is 12.1 Å². The molecule has 1 unspecified atom stereocenters. The Morgan fingerprint density at radius 1 is 1.23 bits per heavy atom. The molecule has 0 aliphatic carbocycles. The maximum absolute atomic E-state index is 14.0. The van der Waals surface area contributed by atoms with E-state index in [1.165, 1.54) is 6.07 Å². The lowest BCUT2D eigenvalue weighted by atomic mass is 9.84. The van der Waals surface area contributed by atoms with Gasteiger partial charge in [0.1, 0.15) is 11.6 Å². The molecule has 0 radical (unpaired) electrons. The van der Waals surface area contributed by atoms with Crippen LogP contribution in [0.5, 0.6) is 5.75 Å². The van der Waals surface area contributed by atoms with Gasteiger partial charge in [0.05, 0.1) is 19.2 Å². The fourth-order valence-corrected chi connectivity index (χ4v) is 3.09. The standard InChI is InChI=1S/C20H24FN3O.HI/c1-20(2,15-8-4-5-9-16(15)21)13-23-19(22)24-17-11-12-25-18-10-6-3-7-14(17)18;/h3-10,17H,11-13H2,1-2H3,(H3,22,23,24);1H. The van der Waals surface area contributed by atoms with Gasteiger partial charge in [0.2, 0.25) is 0 Å². The number of nitrogens with zero attached hydrogens (tertiary/aromatic N) is 1. The van der Waals surface area contributed by atoms with Crippen LogP contribution in [0.4, 0.5) is 4.39 Å². The molecule has 0 saturated heterocycles. The maximum atomic E-state index is 14.0. The topological polar surface area (TPSA) is 59.6 Å². The quantitative estimate of drug-likeness (QED) is 0.402. The highest BCUT2D eigenvalue weighted by molar-refractivity contribution is 14.0. The van der Waals surface area contributed by atoms with E-state index < -0.39 is 5.41 Å². The van der Waals surface area contributed by atoms with Crippen LogP contribution in [0.3, 0.4) is 0 Å². The Bertz CT molecular complexity index is 779. The predicted molar refractivity (Wildman–Crippen MR) is 114 cm³/mol. The molecule has 0 bridgehead atoms. The molecule has 1 atom stereocenters. The first-order valence-electron chi connectivity index (χ1n) is 8.50. The predicted octanol–water partition coefficient (Wildman–Crippen LogP) is 4.15. The van der Waals surface area contributed by atoms with Crippen molar-refractivity contribution in [1.82, 2.24) is 5.32 Å². The van der Waals surface area contributed by atoms with Crippen LogP contribution in [0.15, 0.2) is 53.5 Å². The molecule has 0 saturated carbocycles. The second-order valence-electron chi connectivity index (χ2n) is 6.94. The highest BCUT2D eigenvalue weighted by Gasteiger charge is 2.25. The minimum Gasteiger partial charge on any atom is -0.493 e. The molecule has 1 aliphatic rings. The first-order chi connectivity index (χ1) is 12.0. The number of para-hydroxylation sites is 1. The first-order valence-corrected chi connectivity index (χ1v) is 8.50. The molecule has 3 rings (SSSR count). The van der Waals surface area contributed by atoms with Gasteiger partial charge in [-0.05, 0) is 17.7 Å². The Balaban J connectivity index is 0.00000243. The van der Waals surface area contributed by atoms with Crippen molar-refractivity contribution in [1.29, 1.82) is 0 Å². The summed E-state index contributed by atoms with van der Waals surface area (Å²) in [4.78, 5) is 4.46. The van der Waals surface area contributed by atoms with Crippen LogP contribution in [0, 0.1) is 5.82 Å². The normalized spacial score (nSPS) is 16.9. The summed E-state index contributed by atoms with van der Waals surface area (Å²) in [5, 5.41) is 3.27. The SMILES string of the molecule is CC(C)(CN=C(N)NC1CCOc2ccccc21)c1ccccc1F.I. The average molecular weight is 469 g/mol. The highest BCUT2D eigenvalue weighted by atomic mass is 127. The lowest BCUT2D eigenvalue weighted by Crippen LogP contribution is -2.38. The minimum atomic E-state index is -0.439. The van der Waals surface area contributed by atoms with Crippen molar-refractivity contribution in [3.8, 4) is 5.75 Å². The summed E-state index contributed by atoms with van der Waals surface area (Å²) in [5.74, 6) is 1.03. The average Bonchev–Trinajstić information content (AvgIpc) is 2.61. The number of nitrogens with one attached hydrogen (secondary N) is 1. The first kappa shape index (κ1) is 20.5. The molecule has 2 aromatic rings. The Morgan fingerprint density at radius 3 is 2.69 bits per heavy atom. The molecule has 1 heterocycles. The van der Waals surface area contributed by atoms with E-state index in [2.05, 4.69) is 10.3 Å². The molecule has 4 nitrogen and oxygen atoms in total. The summed E-state index contributed by atoms with van der Waals surface area (Å²) in [6.07, 6.45) is 0.823. The molecule has 3 N–H and O–H groups in total. The van der Waals surface area contributed by atoms with Crippen LogP contribution < -0.4 is 15.8 Å². The summed E-state index contributed by atoms with van der Waals surface area (Å²) in [7, 11) is 0. The number of rotatable bonds is 4.